The minimum absolute atomic E-state index is 0.170. The lowest BCUT2D eigenvalue weighted by atomic mass is 10.0. The molecule has 33 heavy (non-hydrogen) atoms. The Bertz CT molecular complexity index is 1480. The third-order valence-corrected chi connectivity index (χ3v) is 8.72. The number of fused-ring (bicyclic) bond motifs is 2. The van der Waals surface area contributed by atoms with Crippen molar-refractivity contribution in [2.75, 3.05) is 11.9 Å². The van der Waals surface area contributed by atoms with Crippen molar-refractivity contribution in [1.29, 1.82) is 0 Å². The molecule has 2 heterocycles. The fourth-order valence-electron chi connectivity index (χ4n) is 3.98. The van der Waals surface area contributed by atoms with Gasteiger partial charge in [0.15, 0.2) is 5.13 Å². The summed E-state index contributed by atoms with van der Waals surface area (Å²) in [6.07, 6.45) is 0.683. The van der Waals surface area contributed by atoms with E-state index in [0.29, 0.717) is 35.2 Å². The Morgan fingerprint density at radius 1 is 1.09 bits per heavy atom. The van der Waals surface area contributed by atoms with Gasteiger partial charge in [-0.2, -0.15) is 4.31 Å². The standard InChI is InChI=1S/C24H20ClN3O3S2/c1-15-12-19(25)13-21-22(15)26-24(32-21)27-23(29)17-6-8-20(9-7-17)33(30,31)28-11-10-16-4-2-3-5-18(16)14-28/h2-9,12-13H,10-11,14H2,1H3,(H,26,27,29). The number of nitrogens with one attached hydrogen (secondary N) is 1. The minimum Gasteiger partial charge on any atom is -0.298 e. The average molecular weight is 498 g/mol. The molecule has 0 radical (unpaired) electrons. The Labute approximate surface area is 200 Å². The van der Waals surface area contributed by atoms with Crippen LogP contribution in [0.3, 0.4) is 0 Å². The molecular weight excluding hydrogens is 478 g/mol. The van der Waals surface area contributed by atoms with Gasteiger partial charge in [-0.3, -0.25) is 10.1 Å². The molecule has 6 nitrogen and oxygen atoms in total. The number of halogens is 1. The SMILES string of the molecule is Cc1cc(Cl)cc2sc(NC(=O)c3ccc(S(=O)(=O)N4CCc5ccccc5C4)cc3)nc12. The molecule has 1 amide bonds. The summed E-state index contributed by atoms with van der Waals surface area (Å²) in [6, 6.07) is 17.5. The number of benzene rings is 3. The Morgan fingerprint density at radius 2 is 1.82 bits per heavy atom. The van der Waals surface area contributed by atoms with Crippen LogP contribution in [-0.2, 0) is 23.0 Å². The molecule has 1 aliphatic rings. The number of carbonyl (C=O) groups is 1. The number of aryl methyl sites for hydroxylation is 1. The largest absolute Gasteiger partial charge is 0.298 e. The maximum atomic E-state index is 13.1. The number of hydrogen-bond acceptors (Lipinski definition) is 5. The highest BCUT2D eigenvalue weighted by Gasteiger charge is 2.28. The van der Waals surface area contributed by atoms with Crippen LogP contribution in [0.1, 0.15) is 27.0 Å². The van der Waals surface area contributed by atoms with Crippen LogP contribution < -0.4 is 5.32 Å². The second-order valence-electron chi connectivity index (χ2n) is 7.92. The molecular formula is C24H20ClN3O3S2. The molecule has 3 aromatic carbocycles. The number of amides is 1. The Balaban J connectivity index is 1.33. The van der Waals surface area contributed by atoms with Crippen molar-refractivity contribution in [3.05, 3.63) is 87.9 Å². The van der Waals surface area contributed by atoms with E-state index in [4.69, 9.17) is 11.6 Å². The highest BCUT2D eigenvalue weighted by Crippen LogP contribution is 2.31. The van der Waals surface area contributed by atoms with Gasteiger partial charge in [-0.05, 0) is 66.4 Å². The van der Waals surface area contributed by atoms with Gasteiger partial charge in [-0.1, -0.05) is 47.2 Å². The molecule has 0 saturated carbocycles. The van der Waals surface area contributed by atoms with Crippen molar-refractivity contribution in [2.45, 2.75) is 24.8 Å². The van der Waals surface area contributed by atoms with Gasteiger partial charge in [0, 0.05) is 23.7 Å². The topological polar surface area (TPSA) is 79.4 Å². The zero-order chi connectivity index (χ0) is 23.2. The first-order valence-corrected chi connectivity index (χ1v) is 13.0. The zero-order valence-corrected chi connectivity index (χ0v) is 20.1. The van der Waals surface area contributed by atoms with Crippen LogP contribution >= 0.6 is 22.9 Å². The molecule has 0 spiro atoms. The van der Waals surface area contributed by atoms with Gasteiger partial charge in [0.25, 0.3) is 5.91 Å². The summed E-state index contributed by atoms with van der Waals surface area (Å²) < 4.78 is 28.6. The molecule has 5 rings (SSSR count). The quantitative estimate of drug-likeness (QED) is 0.417. The lowest BCUT2D eigenvalue weighted by Gasteiger charge is -2.28. The first-order chi connectivity index (χ1) is 15.8. The highest BCUT2D eigenvalue weighted by atomic mass is 35.5. The summed E-state index contributed by atoms with van der Waals surface area (Å²) in [5.74, 6) is -0.353. The zero-order valence-electron chi connectivity index (χ0n) is 17.7. The summed E-state index contributed by atoms with van der Waals surface area (Å²) in [6.45, 7) is 2.70. The number of nitrogens with zero attached hydrogens (tertiary/aromatic N) is 2. The predicted molar refractivity (Wildman–Crippen MR) is 132 cm³/mol. The van der Waals surface area contributed by atoms with Gasteiger partial charge in [0.05, 0.1) is 15.1 Å². The Morgan fingerprint density at radius 3 is 2.58 bits per heavy atom. The number of aromatic nitrogens is 1. The second-order valence-corrected chi connectivity index (χ2v) is 11.3. The van der Waals surface area contributed by atoms with Crippen molar-refractivity contribution < 1.29 is 13.2 Å². The van der Waals surface area contributed by atoms with Crippen LogP contribution in [0.2, 0.25) is 5.02 Å². The molecule has 0 bridgehead atoms. The summed E-state index contributed by atoms with van der Waals surface area (Å²) in [7, 11) is -3.65. The molecule has 1 aromatic heterocycles. The monoisotopic (exact) mass is 497 g/mol. The summed E-state index contributed by atoms with van der Waals surface area (Å²) in [4.78, 5) is 17.4. The van der Waals surface area contributed by atoms with E-state index >= 15 is 0 Å². The predicted octanol–water partition coefficient (Wildman–Crippen LogP) is 5.26. The molecule has 1 aliphatic heterocycles. The maximum Gasteiger partial charge on any atom is 0.257 e. The molecule has 0 unspecified atom stereocenters. The minimum atomic E-state index is -3.65. The molecule has 0 aliphatic carbocycles. The maximum absolute atomic E-state index is 13.1. The summed E-state index contributed by atoms with van der Waals surface area (Å²) >= 11 is 7.45. The van der Waals surface area contributed by atoms with Crippen molar-refractivity contribution >= 4 is 54.2 Å². The van der Waals surface area contributed by atoms with E-state index in [0.717, 1.165) is 21.3 Å². The van der Waals surface area contributed by atoms with E-state index in [2.05, 4.69) is 10.3 Å². The van der Waals surface area contributed by atoms with Crippen LogP contribution in [0.15, 0.2) is 65.6 Å². The van der Waals surface area contributed by atoms with Crippen LogP contribution in [0, 0.1) is 6.92 Å². The fraction of sp³-hybridized carbons (Fsp3) is 0.167. The molecule has 0 atom stereocenters. The van der Waals surface area contributed by atoms with Gasteiger partial charge in [-0.15, -0.1) is 0 Å². The van der Waals surface area contributed by atoms with Gasteiger partial charge in [0.2, 0.25) is 10.0 Å². The lowest BCUT2D eigenvalue weighted by molar-refractivity contribution is 0.102. The first kappa shape index (κ1) is 22.0. The van der Waals surface area contributed by atoms with E-state index < -0.39 is 10.0 Å². The average Bonchev–Trinajstić information content (AvgIpc) is 3.21. The summed E-state index contributed by atoms with van der Waals surface area (Å²) in [5, 5.41) is 3.88. The van der Waals surface area contributed by atoms with Crippen molar-refractivity contribution in [3.8, 4) is 0 Å². The van der Waals surface area contributed by atoms with Crippen molar-refractivity contribution in [1.82, 2.24) is 9.29 Å². The number of sulfonamides is 1. The van der Waals surface area contributed by atoms with Crippen molar-refractivity contribution in [2.24, 2.45) is 0 Å². The third-order valence-electron chi connectivity index (χ3n) is 5.72. The summed E-state index contributed by atoms with van der Waals surface area (Å²) in [5.41, 5.74) is 4.29. The van der Waals surface area contributed by atoms with E-state index in [1.165, 1.54) is 45.5 Å². The second kappa shape index (κ2) is 8.53. The van der Waals surface area contributed by atoms with E-state index in [1.54, 1.807) is 0 Å². The van der Waals surface area contributed by atoms with E-state index in [1.807, 2.05) is 43.3 Å². The third kappa shape index (κ3) is 4.27. The highest BCUT2D eigenvalue weighted by molar-refractivity contribution is 7.89. The molecule has 168 valence electrons. The van der Waals surface area contributed by atoms with Crippen molar-refractivity contribution in [3.63, 3.8) is 0 Å². The smallest absolute Gasteiger partial charge is 0.257 e. The van der Waals surface area contributed by atoms with Crippen LogP contribution in [0.5, 0.6) is 0 Å². The van der Waals surface area contributed by atoms with E-state index in [9.17, 15) is 13.2 Å². The molecule has 0 saturated heterocycles. The molecule has 4 aromatic rings. The molecule has 0 fully saturated rings. The van der Waals surface area contributed by atoms with Crippen LogP contribution in [0.25, 0.3) is 10.2 Å². The normalized spacial score (nSPS) is 14.2. The van der Waals surface area contributed by atoms with Gasteiger partial charge < -0.3 is 0 Å². The number of thiazole rings is 1. The molecule has 1 N–H and O–H groups in total. The number of anilines is 1. The van der Waals surface area contributed by atoms with E-state index in [-0.39, 0.29) is 10.8 Å². The first-order valence-electron chi connectivity index (χ1n) is 10.4. The van der Waals surface area contributed by atoms with Gasteiger partial charge in [-0.25, -0.2) is 13.4 Å². The van der Waals surface area contributed by atoms with Gasteiger partial charge >= 0.3 is 0 Å². The number of carbonyl (C=O) groups excluding carboxylic acids is 1. The Kier molecular flexibility index (Phi) is 5.70. The van der Waals surface area contributed by atoms with Crippen LogP contribution in [0.4, 0.5) is 5.13 Å². The number of hydrogen-bond donors (Lipinski definition) is 1. The Hall–Kier alpha value is -2.78. The molecule has 9 heteroatoms. The fourth-order valence-corrected chi connectivity index (χ4v) is 6.71. The van der Waals surface area contributed by atoms with Gasteiger partial charge in [0.1, 0.15) is 0 Å². The number of rotatable bonds is 4. The lowest BCUT2D eigenvalue weighted by Crippen LogP contribution is -2.35. The van der Waals surface area contributed by atoms with Crippen LogP contribution in [-0.4, -0.2) is 30.2 Å².